The molecular formula is C20H18ClN3O2. The van der Waals surface area contributed by atoms with Crippen molar-refractivity contribution in [2.24, 2.45) is 10.8 Å². The van der Waals surface area contributed by atoms with Crippen LogP contribution in [0.15, 0.2) is 66.3 Å². The fourth-order valence-corrected chi connectivity index (χ4v) is 4.11. The first kappa shape index (κ1) is 16.7. The standard InChI is InChI=1S/C20H18ClN3O2/c1-2-10-20(13-6-4-3-5-7-13)17-12-26-16-9-8-14(21)11-15(16)24(17)23-18(20)19(22)25/h2-9,11,17H,1,10,12H2,(H2,22,25)/t17?,20-/m1/s1. The van der Waals surface area contributed by atoms with E-state index >= 15 is 0 Å². The van der Waals surface area contributed by atoms with E-state index in [0.717, 1.165) is 11.3 Å². The molecule has 2 aromatic carbocycles. The molecule has 4 rings (SSSR count). The summed E-state index contributed by atoms with van der Waals surface area (Å²) in [5, 5.41) is 7.02. The summed E-state index contributed by atoms with van der Waals surface area (Å²) in [6.07, 6.45) is 2.31. The summed E-state index contributed by atoms with van der Waals surface area (Å²) >= 11 is 6.18. The molecule has 0 fully saturated rings. The highest BCUT2D eigenvalue weighted by molar-refractivity contribution is 6.43. The Hall–Kier alpha value is -2.79. The van der Waals surface area contributed by atoms with Crippen LogP contribution in [-0.2, 0) is 10.2 Å². The van der Waals surface area contributed by atoms with Crippen LogP contribution in [0.3, 0.4) is 0 Å². The van der Waals surface area contributed by atoms with Crippen LogP contribution in [0, 0.1) is 0 Å². The largest absolute Gasteiger partial charge is 0.489 e. The van der Waals surface area contributed by atoms with E-state index in [0.29, 0.717) is 29.5 Å². The number of ether oxygens (including phenoxy) is 1. The van der Waals surface area contributed by atoms with Gasteiger partial charge < -0.3 is 10.5 Å². The molecule has 0 bridgehead atoms. The summed E-state index contributed by atoms with van der Waals surface area (Å²) in [5.41, 5.74) is 7.02. The van der Waals surface area contributed by atoms with Crippen LogP contribution in [0.5, 0.6) is 5.75 Å². The Labute approximate surface area is 156 Å². The lowest BCUT2D eigenvalue weighted by Crippen LogP contribution is -2.54. The molecule has 0 saturated carbocycles. The summed E-state index contributed by atoms with van der Waals surface area (Å²) in [4.78, 5) is 12.4. The maximum Gasteiger partial charge on any atom is 0.265 e. The third kappa shape index (κ3) is 2.31. The third-order valence-corrected chi connectivity index (χ3v) is 5.28. The van der Waals surface area contributed by atoms with Gasteiger partial charge in [0.1, 0.15) is 29.8 Å². The number of nitrogens with zero attached hydrogens (tertiary/aromatic N) is 2. The molecule has 5 nitrogen and oxygen atoms in total. The topological polar surface area (TPSA) is 67.9 Å². The van der Waals surface area contributed by atoms with E-state index in [4.69, 9.17) is 22.1 Å². The number of primary amides is 1. The average molecular weight is 368 g/mol. The van der Waals surface area contributed by atoms with Gasteiger partial charge in [-0.3, -0.25) is 9.80 Å². The minimum absolute atomic E-state index is 0.226. The van der Waals surface area contributed by atoms with Gasteiger partial charge >= 0.3 is 0 Å². The summed E-state index contributed by atoms with van der Waals surface area (Å²) in [5.74, 6) is 0.134. The Morgan fingerprint density at radius 1 is 1.38 bits per heavy atom. The van der Waals surface area contributed by atoms with E-state index in [9.17, 15) is 4.79 Å². The molecule has 1 amide bonds. The maximum atomic E-state index is 12.4. The normalized spacial score (nSPS) is 23.5. The van der Waals surface area contributed by atoms with E-state index in [1.165, 1.54) is 0 Å². The molecule has 0 spiro atoms. The lowest BCUT2D eigenvalue weighted by molar-refractivity contribution is -0.112. The zero-order valence-corrected chi connectivity index (χ0v) is 14.8. The molecule has 0 aromatic heterocycles. The van der Waals surface area contributed by atoms with Gasteiger partial charge in [0.2, 0.25) is 0 Å². The second kappa shape index (κ2) is 6.18. The highest BCUT2D eigenvalue weighted by Gasteiger charge is 2.55. The quantitative estimate of drug-likeness (QED) is 0.843. The number of allylic oxidation sites excluding steroid dienone is 1. The van der Waals surface area contributed by atoms with E-state index in [1.807, 2.05) is 41.4 Å². The number of amides is 1. The van der Waals surface area contributed by atoms with Crippen LogP contribution in [0.1, 0.15) is 12.0 Å². The summed E-state index contributed by atoms with van der Waals surface area (Å²) in [6.45, 7) is 4.27. The van der Waals surface area contributed by atoms with Crippen LogP contribution < -0.4 is 15.5 Å². The molecule has 2 atom stereocenters. The highest BCUT2D eigenvalue weighted by atomic mass is 35.5. The van der Waals surface area contributed by atoms with Crippen LogP contribution in [0.25, 0.3) is 0 Å². The zero-order chi connectivity index (χ0) is 18.3. The van der Waals surface area contributed by atoms with Gasteiger partial charge in [-0.15, -0.1) is 6.58 Å². The molecule has 2 N–H and O–H groups in total. The van der Waals surface area contributed by atoms with Gasteiger partial charge in [0.05, 0.1) is 5.41 Å². The molecule has 2 aliphatic rings. The van der Waals surface area contributed by atoms with Gasteiger partial charge in [0.15, 0.2) is 0 Å². The van der Waals surface area contributed by atoms with Crippen molar-refractivity contribution in [1.82, 2.24) is 0 Å². The van der Waals surface area contributed by atoms with Crippen LogP contribution in [0.4, 0.5) is 5.69 Å². The van der Waals surface area contributed by atoms with Gasteiger partial charge in [0, 0.05) is 5.02 Å². The number of rotatable bonds is 4. The van der Waals surface area contributed by atoms with Crippen LogP contribution >= 0.6 is 11.6 Å². The second-order valence-corrected chi connectivity index (χ2v) is 6.86. The molecule has 0 aliphatic carbocycles. The summed E-state index contributed by atoms with van der Waals surface area (Å²) in [6, 6.07) is 14.9. The Morgan fingerprint density at radius 3 is 2.85 bits per heavy atom. The molecule has 26 heavy (non-hydrogen) atoms. The predicted molar refractivity (Wildman–Crippen MR) is 103 cm³/mol. The third-order valence-electron chi connectivity index (χ3n) is 5.05. The minimum Gasteiger partial charge on any atom is -0.489 e. The SMILES string of the molecule is C=CC[C@]1(c2ccccc2)C(C(N)=O)=NN2c3cc(Cl)ccc3OCC21. The summed E-state index contributed by atoms with van der Waals surface area (Å²) in [7, 11) is 0. The van der Waals surface area contributed by atoms with E-state index < -0.39 is 11.3 Å². The van der Waals surface area contributed by atoms with Crippen molar-refractivity contribution in [2.75, 3.05) is 11.6 Å². The Balaban J connectivity index is 1.94. The molecular weight excluding hydrogens is 350 g/mol. The van der Waals surface area contributed by atoms with Gasteiger partial charge in [-0.25, -0.2) is 0 Å². The first-order valence-corrected chi connectivity index (χ1v) is 8.72. The maximum absolute atomic E-state index is 12.4. The smallest absolute Gasteiger partial charge is 0.265 e. The number of hydrogen-bond donors (Lipinski definition) is 1. The number of hydrazone groups is 1. The number of benzene rings is 2. The Morgan fingerprint density at radius 2 is 2.15 bits per heavy atom. The van der Waals surface area contributed by atoms with Crippen LogP contribution in [-0.4, -0.2) is 24.3 Å². The number of halogens is 1. The van der Waals surface area contributed by atoms with E-state index in [-0.39, 0.29) is 6.04 Å². The monoisotopic (exact) mass is 367 g/mol. The first-order valence-electron chi connectivity index (χ1n) is 8.35. The molecule has 2 heterocycles. The number of hydrogen-bond acceptors (Lipinski definition) is 4. The Kier molecular flexibility index (Phi) is 3.96. The lowest BCUT2D eigenvalue weighted by atomic mass is 9.68. The molecule has 0 saturated heterocycles. The van der Waals surface area contributed by atoms with Crippen molar-refractivity contribution >= 4 is 28.9 Å². The number of carbonyl (C=O) groups is 1. The molecule has 132 valence electrons. The summed E-state index contributed by atoms with van der Waals surface area (Å²) < 4.78 is 5.98. The van der Waals surface area contributed by atoms with Crippen molar-refractivity contribution < 1.29 is 9.53 Å². The van der Waals surface area contributed by atoms with E-state index in [2.05, 4.69) is 11.7 Å². The number of nitrogens with two attached hydrogens (primary N) is 1. The lowest BCUT2D eigenvalue weighted by Gasteiger charge is -2.40. The number of fused-ring (bicyclic) bond motifs is 3. The highest BCUT2D eigenvalue weighted by Crippen LogP contribution is 2.48. The molecule has 6 heteroatoms. The first-order chi connectivity index (χ1) is 12.6. The number of carbonyl (C=O) groups excluding carboxylic acids is 1. The predicted octanol–water partition coefficient (Wildman–Crippen LogP) is 3.28. The molecule has 2 aromatic rings. The van der Waals surface area contributed by atoms with Gasteiger partial charge in [-0.1, -0.05) is 48.0 Å². The van der Waals surface area contributed by atoms with Crippen LogP contribution in [0.2, 0.25) is 5.02 Å². The second-order valence-electron chi connectivity index (χ2n) is 6.43. The average Bonchev–Trinajstić information content (AvgIpc) is 2.99. The van der Waals surface area contributed by atoms with Gasteiger partial charge in [0.25, 0.3) is 5.91 Å². The minimum atomic E-state index is -0.727. The fourth-order valence-electron chi connectivity index (χ4n) is 3.94. The number of anilines is 1. The van der Waals surface area contributed by atoms with Gasteiger partial charge in [-0.2, -0.15) is 5.10 Å². The van der Waals surface area contributed by atoms with Crippen molar-refractivity contribution in [3.05, 3.63) is 71.8 Å². The molecule has 0 radical (unpaired) electrons. The molecule has 2 aliphatic heterocycles. The van der Waals surface area contributed by atoms with Crippen molar-refractivity contribution in [1.29, 1.82) is 0 Å². The molecule has 1 unspecified atom stereocenters. The fraction of sp³-hybridized carbons (Fsp3) is 0.200. The van der Waals surface area contributed by atoms with Gasteiger partial charge in [-0.05, 0) is 30.2 Å². The van der Waals surface area contributed by atoms with Crippen molar-refractivity contribution in [3.8, 4) is 5.75 Å². The van der Waals surface area contributed by atoms with Crippen molar-refractivity contribution in [2.45, 2.75) is 17.9 Å². The van der Waals surface area contributed by atoms with Crippen molar-refractivity contribution in [3.63, 3.8) is 0 Å². The zero-order valence-electron chi connectivity index (χ0n) is 14.1. The Bertz CT molecular complexity index is 913. The van der Waals surface area contributed by atoms with E-state index in [1.54, 1.807) is 18.2 Å².